The van der Waals surface area contributed by atoms with E-state index in [2.05, 4.69) is 13.8 Å². The van der Waals surface area contributed by atoms with E-state index in [-0.39, 0.29) is 18.0 Å². The molecule has 21 heavy (non-hydrogen) atoms. The molecule has 0 aromatic heterocycles. The molecule has 0 N–H and O–H groups in total. The Hall–Kier alpha value is -0.530. The van der Waals surface area contributed by atoms with Gasteiger partial charge < -0.3 is 4.74 Å². The van der Waals surface area contributed by atoms with Crippen molar-refractivity contribution in [3.63, 3.8) is 0 Å². The lowest BCUT2D eigenvalue weighted by atomic mass is 9.94. The first kappa shape index (κ1) is 18.5. The van der Waals surface area contributed by atoms with E-state index in [4.69, 9.17) is 4.74 Å². The Bertz CT molecular complexity index is 258. The van der Waals surface area contributed by atoms with E-state index >= 15 is 0 Å². The molecular weight excluding hydrogens is 260 g/mol. The summed E-state index contributed by atoms with van der Waals surface area (Å²) < 4.78 is 5.54. The van der Waals surface area contributed by atoms with Crippen LogP contribution in [-0.2, 0) is 9.53 Å². The van der Waals surface area contributed by atoms with Gasteiger partial charge in [-0.1, -0.05) is 78.1 Å². The number of hydrogen-bond donors (Lipinski definition) is 0. The topological polar surface area (TPSA) is 26.3 Å². The van der Waals surface area contributed by atoms with Crippen LogP contribution >= 0.6 is 0 Å². The molecule has 1 aliphatic carbocycles. The van der Waals surface area contributed by atoms with Gasteiger partial charge in [-0.15, -0.1) is 0 Å². The number of esters is 1. The smallest absolute Gasteiger partial charge is 0.309 e. The zero-order valence-corrected chi connectivity index (χ0v) is 14.4. The molecule has 1 rings (SSSR count). The second-order valence-electron chi connectivity index (χ2n) is 6.74. The van der Waals surface area contributed by atoms with Crippen molar-refractivity contribution in [3.05, 3.63) is 0 Å². The third-order valence-corrected chi connectivity index (χ3v) is 4.45. The van der Waals surface area contributed by atoms with Crippen molar-refractivity contribution in [2.75, 3.05) is 0 Å². The summed E-state index contributed by atoms with van der Waals surface area (Å²) in [6.07, 6.45) is 17.3. The first-order valence-electron chi connectivity index (χ1n) is 9.48. The first-order chi connectivity index (χ1) is 10.3. The number of hydrogen-bond acceptors (Lipinski definition) is 2. The lowest BCUT2D eigenvalue weighted by molar-refractivity contribution is -0.150. The molecule has 0 amide bonds. The number of unbranched alkanes of at least 4 members (excludes halogenated alkanes) is 8. The summed E-state index contributed by atoms with van der Waals surface area (Å²) in [5, 5.41) is 0. The third-order valence-electron chi connectivity index (χ3n) is 4.45. The van der Waals surface area contributed by atoms with Gasteiger partial charge in [0.25, 0.3) is 0 Å². The van der Waals surface area contributed by atoms with Gasteiger partial charge in [-0.05, 0) is 25.7 Å². The normalized spacial score (nSPS) is 15.9. The summed E-state index contributed by atoms with van der Waals surface area (Å²) in [5.74, 6) is 0.274. The zero-order valence-electron chi connectivity index (χ0n) is 14.4. The van der Waals surface area contributed by atoms with Crippen molar-refractivity contribution in [3.8, 4) is 0 Å². The SMILES string of the molecule is CCCCCCCCC(CCCCCC)C(=O)OC1CC1. The van der Waals surface area contributed by atoms with Crippen molar-refractivity contribution in [2.45, 2.75) is 110 Å². The largest absolute Gasteiger partial charge is 0.462 e. The Morgan fingerprint density at radius 3 is 1.86 bits per heavy atom. The highest BCUT2D eigenvalue weighted by molar-refractivity contribution is 5.72. The van der Waals surface area contributed by atoms with E-state index in [9.17, 15) is 4.79 Å². The van der Waals surface area contributed by atoms with Crippen LogP contribution in [0.1, 0.15) is 104 Å². The molecule has 2 heteroatoms. The molecule has 0 heterocycles. The van der Waals surface area contributed by atoms with E-state index in [0.717, 1.165) is 25.7 Å². The highest BCUT2D eigenvalue weighted by Crippen LogP contribution is 2.27. The minimum absolute atomic E-state index is 0.0996. The Balaban J connectivity index is 2.17. The van der Waals surface area contributed by atoms with Crippen LogP contribution < -0.4 is 0 Å². The van der Waals surface area contributed by atoms with E-state index in [1.165, 1.54) is 64.2 Å². The summed E-state index contributed by atoms with van der Waals surface area (Å²) in [7, 11) is 0. The molecule has 1 unspecified atom stereocenters. The van der Waals surface area contributed by atoms with Crippen LogP contribution in [-0.4, -0.2) is 12.1 Å². The fourth-order valence-electron chi connectivity index (χ4n) is 2.82. The van der Waals surface area contributed by atoms with E-state index in [0.29, 0.717) is 0 Å². The van der Waals surface area contributed by atoms with E-state index in [1.807, 2.05) is 0 Å². The Morgan fingerprint density at radius 2 is 1.33 bits per heavy atom. The summed E-state index contributed by atoms with van der Waals surface area (Å²) in [4.78, 5) is 12.2. The van der Waals surface area contributed by atoms with Gasteiger partial charge in [-0.3, -0.25) is 4.79 Å². The maximum atomic E-state index is 12.2. The van der Waals surface area contributed by atoms with Crippen LogP contribution in [0, 0.1) is 5.92 Å². The maximum Gasteiger partial charge on any atom is 0.309 e. The highest BCUT2D eigenvalue weighted by atomic mass is 16.5. The molecule has 1 saturated carbocycles. The number of carbonyl (C=O) groups is 1. The molecular formula is C19H36O2. The van der Waals surface area contributed by atoms with Gasteiger partial charge in [0.15, 0.2) is 0 Å². The quantitative estimate of drug-likeness (QED) is 0.289. The summed E-state index contributed by atoms with van der Waals surface area (Å²) in [6, 6.07) is 0. The van der Waals surface area contributed by atoms with Crippen molar-refractivity contribution in [1.29, 1.82) is 0 Å². The lowest BCUT2D eigenvalue weighted by Crippen LogP contribution is -2.19. The van der Waals surface area contributed by atoms with Crippen LogP contribution in [0.3, 0.4) is 0 Å². The van der Waals surface area contributed by atoms with Crippen LogP contribution in [0.2, 0.25) is 0 Å². The Kier molecular flexibility index (Phi) is 10.6. The zero-order chi connectivity index (χ0) is 15.3. The molecule has 0 saturated heterocycles. The van der Waals surface area contributed by atoms with Crippen molar-refractivity contribution in [1.82, 2.24) is 0 Å². The van der Waals surface area contributed by atoms with Gasteiger partial charge in [0.2, 0.25) is 0 Å². The lowest BCUT2D eigenvalue weighted by Gasteiger charge is -2.16. The van der Waals surface area contributed by atoms with Crippen LogP contribution in [0.5, 0.6) is 0 Å². The van der Waals surface area contributed by atoms with E-state index in [1.54, 1.807) is 0 Å². The molecule has 0 aliphatic heterocycles. The fourth-order valence-corrected chi connectivity index (χ4v) is 2.82. The standard InChI is InChI=1S/C19H36O2/c1-3-5-7-9-10-12-14-17(13-11-8-6-4-2)19(20)21-18-15-16-18/h17-18H,3-16H2,1-2H3. The van der Waals surface area contributed by atoms with Crippen LogP contribution in [0.4, 0.5) is 0 Å². The first-order valence-corrected chi connectivity index (χ1v) is 9.48. The van der Waals surface area contributed by atoms with Gasteiger partial charge in [-0.25, -0.2) is 0 Å². The average molecular weight is 296 g/mol. The number of rotatable bonds is 14. The molecule has 0 aromatic carbocycles. The second kappa shape index (κ2) is 12.1. The van der Waals surface area contributed by atoms with Crippen molar-refractivity contribution >= 4 is 5.97 Å². The van der Waals surface area contributed by atoms with Gasteiger partial charge >= 0.3 is 5.97 Å². The van der Waals surface area contributed by atoms with Gasteiger partial charge in [0.1, 0.15) is 6.10 Å². The molecule has 0 spiro atoms. The Labute approximate surface area is 132 Å². The number of ether oxygens (including phenoxy) is 1. The van der Waals surface area contributed by atoms with Crippen LogP contribution in [0.15, 0.2) is 0 Å². The fraction of sp³-hybridized carbons (Fsp3) is 0.947. The van der Waals surface area contributed by atoms with Crippen molar-refractivity contribution < 1.29 is 9.53 Å². The molecule has 124 valence electrons. The van der Waals surface area contributed by atoms with Gasteiger partial charge in [0.05, 0.1) is 5.92 Å². The summed E-state index contributed by atoms with van der Waals surface area (Å²) in [6.45, 7) is 4.48. The molecule has 1 atom stereocenters. The second-order valence-corrected chi connectivity index (χ2v) is 6.74. The highest BCUT2D eigenvalue weighted by Gasteiger charge is 2.29. The van der Waals surface area contributed by atoms with Crippen molar-refractivity contribution in [2.24, 2.45) is 5.92 Å². The van der Waals surface area contributed by atoms with Gasteiger partial charge in [-0.2, -0.15) is 0 Å². The molecule has 0 radical (unpaired) electrons. The minimum Gasteiger partial charge on any atom is -0.462 e. The third kappa shape index (κ3) is 9.92. The van der Waals surface area contributed by atoms with E-state index < -0.39 is 0 Å². The van der Waals surface area contributed by atoms with Crippen LogP contribution in [0.25, 0.3) is 0 Å². The summed E-state index contributed by atoms with van der Waals surface area (Å²) >= 11 is 0. The summed E-state index contributed by atoms with van der Waals surface area (Å²) in [5.41, 5.74) is 0. The monoisotopic (exact) mass is 296 g/mol. The minimum atomic E-state index is 0.0996. The average Bonchev–Trinajstić information content (AvgIpc) is 3.28. The van der Waals surface area contributed by atoms with Gasteiger partial charge in [0, 0.05) is 0 Å². The molecule has 1 fully saturated rings. The maximum absolute atomic E-state index is 12.2. The molecule has 1 aliphatic rings. The molecule has 0 aromatic rings. The molecule has 0 bridgehead atoms. The predicted molar refractivity (Wildman–Crippen MR) is 89.4 cm³/mol. The molecule has 2 nitrogen and oxygen atoms in total. The number of carbonyl (C=O) groups excluding carboxylic acids is 1. The Morgan fingerprint density at radius 1 is 0.857 bits per heavy atom. The predicted octanol–water partition coefficient (Wildman–Crippen LogP) is 6.03.